The average Bonchev–Trinajstić information content (AvgIpc) is 2.95. The number of benzene rings is 1. The Morgan fingerprint density at radius 3 is 2.52 bits per heavy atom. The van der Waals surface area contributed by atoms with E-state index in [1.807, 2.05) is 44.2 Å². The van der Waals surface area contributed by atoms with Gasteiger partial charge in [0.15, 0.2) is 0 Å². The highest BCUT2D eigenvalue weighted by Crippen LogP contribution is 2.30. The number of esters is 1. The molecule has 0 bridgehead atoms. The van der Waals surface area contributed by atoms with E-state index >= 15 is 0 Å². The molecule has 1 aromatic carbocycles. The van der Waals surface area contributed by atoms with Gasteiger partial charge in [-0.1, -0.05) is 44.2 Å². The van der Waals surface area contributed by atoms with Crippen LogP contribution >= 0.6 is 0 Å². The van der Waals surface area contributed by atoms with E-state index in [1.165, 1.54) is 0 Å². The summed E-state index contributed by atoms with van der Waals surface area (Å²) in [7, 11) is 0. The van der Waals surface area contributed by atoms with Gasteiger partial charge in [-0.2, -0.15) is 0 Å². The molecular formula is C19H28N2O4. The molecule has 1 fully saturated rings. The molecule has 1 aliphatic heterocycles. The summed E-state index contributed by atoms with van der Waals surface area (Å²) in [5.74, 6) is -0.750. The molecule has 0 spiro atoms. The zero-order chi connectivity index (χ0) is 18.4. The van der Waals surface area contributed by atoms with Crippen molar-refractivity contribution in [1.29, 1.82) is 0 Å². The monoisotopic (exact) mass is 348 g/mol. The minimum atomic E-state index is -0.457. The minimum absolute atomic E-state index is 0.0117. The predicted molar refractivity (Wildman–Crippen MR) is 94.7 cm³/mol. The van der Waals surface area contributed by atoms with Gasteiger partial charge in [0.2, 0.25) is 0 Å². The van der Waals surface area contributed by atoms with E-state index in [0.29, 0.717) is 19.6 Å². The lowest BCUT2D eigenvalue weighted by Crippen LogP contribution is -2.51. The normalized spacial score (nSPS) is 21.2. The summed E-state index contributed by atoms with van der Waals surface area (Å²) >= 11 is 0. The molecule has 1 aliphatic rings. The highest BCUT2D eigenvalue weighted by atomic mass is 16.6. The van der Waals surface area contributed by atoms with Gasteiger partial charge in [-0.3, -0.25) is 4.79 Å². The highest BCUT2D eigenvalue weighted by molar-refractivity contribution is 5.76. The lowest BCUT2D eigenvalue weighted by molar-refractivity contribution is -0.152. The molecule has 2 N–H and O–H groups in total. The molecule has 138 valence electrons. The van der Waals surface area contributed by atoms with Crippen LogP contribution in [0.25, 0.3) is 0 Å². The zero-order valence-corrected chi connectivity index (χ0v) is 15.2. The summed E-state index contributed by atoms with van der Waals surface area (Å²) in [4.78, 5) is 26.6. The topological polar surface area (TPSA) is 81.9 Å². The predicted octanol–water partition coefficient (Wildman–Crippen LogP) is 2.56. The molecule has 0 saturated carbocycles. The molecule has 0 aromatic heterocycles. The van der Waals surface area contributed by atoms with Crippen LogP contribution in [0.3, 0.4) is 0 Å². The van der Waals surface area contributed by atoms with Crippen LogP contribution < -0.4 is 5.73 Å². The standard InChI is InChI=1S/C19H28N2O4/c1-4-24-18(22)16(13(2)3)17-15(20)10-11-21(17)19(23)25-12-14-8-6-5-7-9-14/h5-9,13,15-17H,4,10-12,20H2,1-3H3/t15-,16?,17-/m1/s1. The molecule has 2 rings (SSSR count). The van der Waals surface area contributed by atoms with Crippen LogP contribution in [0.4, 0.5) is 4.79 Å². The first-order valence-electron chi connectivity index (χ1n) is 8.85. The molecule has 1 heterocycles. The van der Waals surface area contributed by atoms with Gasteiger partial charge in [0.1, 0.15) is 6.61 Å². The Labute approximate surface area is 149 Å². The second-order valence-electron chi connectivity index (χ2n) is 6.70. The maximum Gasteiger partial charge on any atom is 0.410 e. The van der Waals surface area contributed by atoms with Crippen molar-refractivity contribution >= 4 is 12.1 Å². The van der Waals surface area contributed by atoms with Crippen LogP contribution in [-0.4, -0.2) is 42.2 Å². The molecule has 25 heavy (non-hydrogen) atoms. The second-order valence-corrected chi connectivity index (χ2v) is 6.70. The van der Waals surface area contributed by atoms with Crippen molar-refractivity contribution in [2.75, 3.05) is 13.2 Å². The molecule has 6 nitrogen and oxygen atoms in total. The van der Waals surface area contributed by atoms with Crippen molar-refractivity contribution in [2.45, 2.75) is 45.9 Å². The molecule has 0 radical (unpaired) electrons. The maximum atomic E-state index is 12.6. The Morgan fingerprint density at radius 2 is 1.92 bits per heavy atom. The fourth-order valence-electron chi connectivity index (χ4n) is 3.36. The third kappa shape index (κ3) is 4.72. The second kappa shape index (κ2) is 8.85. The van der Waals surface area contributed by atoms with Crippen molar-refractivity contribution in [3.63, 3.8) is 0 Å². The Hall–Kier alpha value is -2.08. The van der Waals surface area contributed by atoms with E-state index in [1.54, 1.807) is 11.8 Å². The van der Waals surface area contributed by atoms with Gasteiger partial charge in [-0.05, 0) is 24.8 Å². The number of carbonyl (C=O) groups is 2. The van der Waals surface area contributed by atoms with E-state index in [-0.39, 0.29) is 24.5 Å². The maximum absolute atomic E-state index is 12.6. The number of ether oxygens (including phenoxy) is 2. The van der Waals surface area contributed by atoms with Crippen molar-refractivity contribution in [3.05, 3.63) is 35.9 Å². The number of hydrogen-bond donors (Lipinski definition) is 1. The van der Waals surface area contributed by atoms with Gasteiger partial charge >= 0.3 is 12.1 Å². The Balaban J connectivity index is 2.09. The quantitative estimate of drug-likeness (QED) is 0.799. The van der Waals surface area contributed by atoms with Crippen molar-refractivity contribution in [1.82, 2.24) is 4.90 Å². The van der Waals surface area contributed by atoms with Crippen LogP contribution in [0, 0.1) is 11.8 Å². The number of likely N-dealkylation sites (tertiary alicyclic amines) is 1. The molecule has 3 atom stereocenters. The van der Waals surface area contributed by atoms with E-state index in [4.69, 9.17) is 15.2 Å². The molecule has 1 unspecified atom stereocenters. The molecule has 1 aromatic rings. The largest absolute Gasteiger partial charge is 0.466 e. The van der Waals surface area contributed by atoms with Crippen LogP contribution in [-0.2, 0) is 20.9 Å². The first-order valence-corrected chi connectivity index (χ1v) is 8.85. The van der Waals surface area contributed by atoms with Crippen LogP contribution in [0.1, 0.15) is 32.8 Å². The van der Waals surface area contributed by atoms with E-state index < -0.39 is 18.1 Å². The third-order valence-corrected chi connectivity index (χ3v) is 4.59. The SMILES string of the molecule is CCOC(=O)C(C(C)C)[C@H]1[C@H](N)CCN1C(=O)OCc1ccccc1. The Morgan fingerprint density at radius 1 is 1.24 bits per heavy atom. The number of nitrogens with two attached hydrogens (primary N) is 1. The minimum Gasteiger partial charge on any atom is -0.466 e. The van der Waals surface area contributed by atoms with Gasteiger partial charge in [-0.25, -0.2) is 4.79 Å². The fourth-order valence-corrected chi connectivity index (χ4v) is 3.36. The first-order chi connectivity index (χ1) is 12.0. The van der Waals surface area contributed by atoms with Crippen molar-refractivity contribution in [2.24, 2.45) is 17.6 Å². The number of rotatable bonds is 6. The van der Waals surface area contributed by atoms with Crippen LogP contribution in [0.15, 0.2) is 30.3 Å². The van der Waals surface area contributed by atoms with Crippen LogP contribution in [0.5, 0.6) is 0 Å². The summed E-state index contributed by atoms with van der Waals surface area (Å²) in [5, 5.41) is 0. The number of carbonyl (C=O) groups excluding carboxylic acids is 2. The molecule has 0 aliphatic carbocycles. The van der Waals surface area contributed by atoms with E-state index in [0.717, 1.165) is 5.56 Å². The zero-order valence-electron chi connectivity index (χ0n) is 15.2. The smallest absolute Gasteiger partial charge is 0.410 e. The Kier molecular flexibility index (Phi) is 6.82. The van der Waals surface area contributed by atoms with E-state index in [9.17, 15) is 9.59 Å². The highest BCUT2D eigenvalue weighted by Gasteiger charge is 2.45. The van der Waals surface area contributed by atoms with Gasteiger partial charge in [-0.15, -0.1) is 0 Å². The van der Waals surface area contributed by atoms with Gasteiger partial charge in [0.25, 0.3) is 0 Å². The molecular weight excluding hydrogens is 320 g/mol. The third-order valence-electron chi connectivity index (χ3n) is 4.59. The molecule has 6 heteroatoms. The van der Waals surface area contributed by atoms with Crippen molar-refractivity contribution in [3.8, 4) is 0 Å². The molecule has 1 amide bonds. The fraction of sp³-hybridized carbons (Fsp3) is 0.579. The van der Waals surface area contributed by atoms with E-state index in [2.05, 4.69) is 0 Å². The Bertz CT molecular complexity index is 576. The van der Waals surface area contributed by atoms with Crippen LogP contribution in [0.2, 0.25) is 0 Å². The summed E-state index contributed by atoms with van der Waals surface area (Å²) in [6.45, 7) is 6.66. The lowest BCUT2D eigenvalue weighted by atomic mass is 9.85. The first kappa shape index (κ1) is 19.2. The lowest BCUT2D eigenvalue weighted by Gasteiger charge is -2.34. The van der Waals surface area contributed by atoms with Gasteiger partial charge < -0.3 is 20.1 Å². The summed E-state index contributed by atoms with van der Waals surface area (Å²) < 4.78 is 10.6. The summed E-state index contributed by atoms with van der Waals surface area (Å²) in [6.07, 6.45) is 0.213. The average molecular weight is 348 g/mol. The summed E-state index contributed by atoms with van der Waals surface area (Å²) in [5.41, 5.74) is 7.15. The van der Waals surface area contributed by atoms with Gasteiger partial charge in [0, 0.05) is 12.6 Å². The number of nitrogens with zero attached hydrogens (tertiary/aromatic N) is 1. The summed E-state index contributed by atoms with van der Waals surface area (Å²) in [6, 6.07) is 8.84. The molecule has 1 saturated heterocycles. The number of amides is 1. The van der Waals surface area contributed by atoms with Crippen molar-refractivity contribution < 1.29 is 19.1 Å². The van der Waals surface area contributed by atoms with Gasteiger partial charge in [0.05, 0.1) is 18.6 Å². The number of hydrogen-bond acceptors (Lipinski definition) is 5.